The number of urea groups is 1. The van der Waals surface area contributed by atoms with Crippen LogP contribution >= 0.6 is 11.3 Å². The fraction of sp³-hybridized carbons (Fsp3) is 0.444. The number of nitrogens with zero attached hydrogens (tertiary/aromatic N) is 3. The third-order valence-electron chi connectivity index (χ3n) is 5.41. The first kappa shape index (κ1) is 17.7. The first-order chi connectivity index (χ1) is 12.8. The number of carbonyl (C=O) groups is 3. The Morgan fingerprint density at radius 3 is 2.89 bits per heavy atom. The standard InChI is InChI=1S/C18H21N5O3S/c1-10-15(11(2)22(3)21-10)19-14(24)9-23-16(25)18(20-17(23)26)7-4-5-13-12(18)6-8-27-13/h6,8H,4-5,7,9H2,1-3H3,(H,19,24)(H,20,26)/t18-/m1/s1. The van der Waals surface area contributed by atoms with Crippen LogP contribution in [0.1, 0.15) is 34.7 Å². The van der Waals surface area contributed by atoms with Gasteiger partial charge < -0.3 is 10.6 Å². The molecule has 2 N–H and O–H groups in total. The highest BCUT2D eigenvalue weighted by atomic mass is 32.1. The lowest BCUT2D eigenvalue weighted by Crippen LogP contribution is -2.46. The van der Waals surface area contributed by atoms with E-state index >= 15 is 0 Å². The molecule has 9 heteroatoms. The Bertz CT molecular complexity index is 962. The molecule has 1 saturated heterocycles. The molecule has 2 aromatic heterocycles. The minimum Gasteiger partial charge on any atom is -0.321 e. The summed E-state index contributed by atoms with van der Waals surface area (Å²) in [5.41, 5.74) is 1.96. The number of nitrogens with one attached hydrogen (secondary N) is 2. The van der Waals surface area contributed by atoms with E-state index in [1.165, 1.54) is 0 Å². The monoisotopic (exact) mass is 387 g/mol. The molecule has 4 amide bonds. The molecule has 4 rings (SSSR count). The van der Waals surface area contributed by atoms with Crippen molar-refractivity contribution in [2.24, 2.45) is 7.05 Å². The van der Waals surface area contributed by atoms with Crippen LogP contribution in [0, 0.1) is 13.8 Å². The van der Waals surface area contributed by atoms with E-state index in [-0.39, 0.29) is 12.5 Å². The van der Waals surface area contributed by atoms with Crippen molar-refractivity contribution in [1.82, 2.24) is 20.0 Å². The first-order valence-electron chi connectivity index (χ1n) is 8.84. The zero-order valence-electron chi connectivity index (χ0n) is 15.5. The van der Waals surface area contributed by atoms with Crippen LogP contribution in [0.5, 0.6) is 0 Å². The number of imide groups is 1. The Morgan fingerprint density at radius 2 is 2.19 bits per heavy atom. The van der Waals surface area contributed by atoms with Crippen LogP contribution in [-0.4, -0.2) is 39.1 Å². The first-order valence-corrected chi connectivity index (χ1v) is 9.72. The molecule has 1 aliphatic carbocycles. The van der Waals surface area contributed by atoms with Crippen molar-refractivity contribution < 1.29 is 14.4 Å². The summed E-state index contributed by atoms with van der Waals surface area (Å²) in [6.07, 6.45) is 2.30. The van der Waals surface area contributed by atoms with Crippen LogP contribution < -0.4 is 10.6 Å². The fourth-order valence-corrected chi connectivity index (χ4v) is 4.96. The van der Waals surface area contributed by atoms with E-state index in [2.05, 4.69) is 15.7 Å². The maximum absolute atomic E-state index is 13.1. The van der Waals surface area contributed by atoms with Crippen molar-refractivity contribution in [3.63, 3.8) is 0 Å². The van der Waals surface area contributed by atoms with Gasteiger partial charge in [-0.3, -0.25) is 19.2 Å². The molecule has 3 heterocycles. The zero-order chi connectivity index (χ0) is 19.3. The number of anilines is 1. The lowest BCUT2D eigenvalue weighted by molar-refractivity contribution is -0.134. The minimum atomic E-state index is -1.02. The molecule has 1 spiro atoms. The summed E-state index contributed by atoms with van der Waals surface area (Å²) < 4.78 is 1.67. The number of aromatic nitrogens is 2. The van der Waals surface area contributed by atoms with E-state index in [0.717, 1.165) is 33.9 Å². The molecule has 27 heavy (non-hydrogen) atoms. The minimum absolute atomic E-state index is 0.320. The number of rotatable bonds is 3. The Labute approximate surface area is 160 Å². The fourth-order valence-electron chi connectivity index (χ4n) is 3.96. The average molecular weight is 387 g/mol. The summed E-state index contributed by atoms with van der Waals surface area (Å²) in [7, 11) is 1.79. The highest BCUT2D eigenvalue weighted by molar-refractivity contribution is 7.10. The maximum atomic E-state index is 13.1. The van der Waals surface area contributed by atoms with Crippen LogP contribution in [0.15, 0.2) is 11.4 Å². The molecular weight excluding hydrogens is 366 g/mol. The summed E-state index contributed by atoms with van der Waals surface area (Å²) in [6, 6.07) is 1.39. The Hall–Kier alpha value is -2.68. The van der Waals surface area contributed by atoms with E-state index in [4.69, 9.17) is 0 Å². The van der Waals surface area contributed by atoms with Gasteiger partial charge in [0.1, 0.15) is 12.1 Å². The zero-order valence-corrected chi connectivity index (χ0v) is 16.3. The summed E-state index contributed by atoms with van der Waals surface area (Å²) in [4.78, 5) is 40.3. The smallest absolute Gasteiger partial charge is 0.321 e. The number of aryl methyl sites for hydroxylation is 3. The second-order valence-electron chi connectivity index (χ2n) is 7.06. The largest absolute Gasteiger partial charge is 0.325 e. The van der Waals surface area contributed by atoms with E-state index in [1.54, 1.807) is 30.0 Å². The van der Waals surface area contributed by atoms with Crippen LogP contribution in [0.3, 0.4) is 0 Å². The normalized spacial score (nSPS) is 21.5. The van der Waals surface area contributed by atoms with Gasteiger partial charge in [-0.25, -0.2) is 4.79 Å². The maximum Gasteiger partial charge on any atom is 0.325 e. The summed E-state index contributed by atoms with van der Waals surface area (Å²) in [6.45, 7) is 3.32. The van der Waals surface area contributed by atoms with Crippen molar-refractivity contribution >= 4 is 34.9 Å². The predicted octanol–water partition coefficient (Wildman–Crippen LogP) is 1.82. The third-order valence-corrected chi connectivity index (χ3v) is 6.39. The van der Waals surface area contributed by atoms with Crippen LogP contribution in [0.4, 0.5) is 10.5 Å². The van der Waals surface area contributed by atoms with Gasteiger partial charge in [-0.15, -0.1) is 11.3 Å². The number of hydrogen-bond acceptors (Lipinski definition) is 5. The van der Waals surface area contributed by atoms with Gasteiger partial charge in [-0.2, -0.15) is 5.10 Å². The number of hydrogen-bond donors (Lipinski definition) is 2. The van der Waals surface area contributed by atoms with Crippen molar-refractivity contribution in [2.75, 3.05) is 11.9 Å². The summed E-state index contributed by atoms with van der Waals surface area (Å²) >= 11 is 1.60. The molecule has 0 unspecified atom stereocenters. The Morgan fingerprint density at radius 1 is 1.41 bits per heavy atom. The Balaban J connectivity index is 1.55. The third kappa shape index (κ3) is 2.64. The molecule has 0 aromatic carbocycles. The van der Waals surface area contributed by atoms with Crippen molar-refractivity contribution in [1.29, 1.82) is 0 Å². The lowest BCUT2D eigenvalue weighted by atomic mass is 9.80. The molecule has 2 aromatic rings. The van der Waals surface area contributed by atoms with Gasteiger partial charge in [0.05, 0.1) is 17.1 Å². The highest BCUT2D eigenvalue weighted by Gasteiger charge is 2.54. The molecule has 1 atom stereocenters. The van der Waals surface area contributed by atoms with Crippen molar-refractivity contribution in [2.45, 2.75) is 38.6 Å². The quantitative estimate of drug-likeness (QED) is 0.785. The van der Waals surface area contributed by atoms with Crippen molar-refractivity contribution in [3.05, 3.63) is 33.3 Å². The van der Waals surface area contributed by atoms with E-state index in [0.29, 0.717) is 17.8 Å². The van der Waals surface area contributed by atoms with Gasteiger partial charge in [-0.1, -0.05) is 0 Å². The van der Waals surface area contributed by atoms with Gasteiger partial charge in [0.15, 0.2) is 0 Å². The van der Waals surface area contributed by atoms with E-state index < -0.39 is 17.5 Å². The molecule has 1 fully saturated rings. The van der Waals surface area contributed by atoms with Crippen LogP contribution in [0.2, 0.25) is 0 Å². The van der Waals surface area contributed by atoms with Gasteiger partial charge in [0.25, 0.3) is 5.91 Å². The number of amides is 4. The van der Waals surface area contributed by atoms with Crippen LogP contribution in [-0.2, 0) is 28.6 Å². The second kappa shape index (κ2) is 6.19. The second-order valence-corrected chi connectivity index (χ2v) is 8.06. The average Bonchev–Trinajstić information content (AvgIpc) is 3.26. The molecule has 142 valence electrons. The SMILES string of the molecule is Cc1nn(C)c(C)c1NC(=O)CN1C(=O)N[C@@]2(CCCc3sccc32)C1=O. The van der Waals surface area contributed by atoms with Gasteiger partial charge >= 0.3 is 6.03 Å². The number of fused-ring (bicyclic) bond motifs is 2. The summed E-state index contributed by atoms with van der Waals surface area (Å²) in [5, 5.41) is 11.8. The Kier molecular flexibility index (Phi) is 4.06. The summed E-state index contributed by atoms with van der Waals surface area (Å²) in [5.74, 6) is -0.766. The number of carbonyl (C=O) groups excluding carboxylic acids is 3. The van der Waals surface area contributed by atoms with Crippen LogP contribution in [0.25, 0.3) is 0 Å². The molecule has 0 radical (unpaired) electrons. The molecule has 0 bridgehead atoms. The number of thiophene rings is 1. The molecular formula is C18H21N5O3S. The lowest BCUT2D eigenvalue weighted by Gasteiger charge is -2.31. The van der Waals surface area contributed by atoms with Gasteiger partial charge in [-0.05, 0) is 44.6 Å². The van der Waals surface area contributed by atoms with Crippen molar-refractivity contribution in [3.8, 4) is 0 Å². The van der Waals surface area contributed by atoms with Gasteiger partial charge in [0, 0.05) is 17.5 Å². The van der Waals surface area contributed by atoms with Gasteiger partial charge in [0.2, 0.25) is 5.91 Å². The van der Waals surface area contributed by atoms with E-state index in [1.807, 2.05) is 18.4 Å². The molecule has 8 nitrogen and oxygen atoms in total. The topological polar surface area (TPSA) is 96.3 Å². The predicted molar refractivity (Wildman–Crippen MR) is 100 cm³/mol. The molecule has 1 aliphatic heterocycles. The van der Waals surface area contributed by atoms with E-state index in [9.17, 15) is 14.4 Å². The molecule has 2 aliphatic rings. The highest BCUT2D eigenvalue weighted by Crippen LogP contribution is 2.42. The molecule has 0 saturated carbocycles.